The Labute approximate surface area is 191 Å². The molecule has 2 N–H and O–H groups in total. The predicted octanol–water partition coefficient (Wildman–Crippen LogP) is 3.20. The normalized spacial score (nSPS) is 19.7. The molecule has 1 aromatic carbocycles. The number of methoxy groups -OCH3 is 1. The second-order valence-electron chi connectivity index (χ2n) is 7.85. The van der Waals surface area contributed by atoms with E-state index in [2.05, 4.69) is 27.8 Å². The van der Waals surface area contributed by atoms with E-state index in [-0.39, 0.29) is 35.9 Å². The predicted molar refractivity (Wildman–Crippen MR) is 128 cm³/mol. The molecule has 1 heterocycles. The van der Waals surface area contributed by atoms with E-state index in [1.165, 1.54) is 18.4 Å². The lowest BCUT2D eigenvalue weighted by Crippen LogP contribution is -2.45. The summed E-state index contributed by atoms with van der Waals surface area (Å²) in [6, 6.07) is 8.52. The van der Waals surface area contributed by atoms with Gasteiger partial charge in [0.2, 0.25) is 5.91 Å². The number of aryl methyl sites for hydroxylation is 1. The standard InChI is InChI=1S/C22H34N4O2.HI/c1-23-22(24-14-5-6-17-9-11-20(28-2)12-10-17)25-19-13-15-26(16-19)21(27)18-7-3-4-8-18;/h9-12,18-19H,3-8,13-16H2,1-2H3,(H2,23,24,25);1H. The van der Waals surface area contributed by atoms with Gasteiger partial charge in [0.1, 0.15) is 5.75 Å². The fourth-order valence-corrected chi connectivity index (χ4v) is 4.19. The van der Waals surface area contributed by atoms with E-state index >= 15 is 0 Å². The summed E-state index contributed by atoms with van der Waals surface area (Å²) < 4.78 is 5.19. The van der Waals surface area contributed by atoms with Crippen molar-refractivity contribution in [3.63, 3.8) is 0 Å². The van der Waals surface area contributed by atoms with Gasteiger partial charge in [-0.15, -0.1) is 24.0 Å². The highest BCUT2D eigenvalue weighted by Crippen LogP contribution is 2.27. The molecule has 1 unspecified atom stereocenters. The third-order valence-corrected chi connectivity index (χ3v) is 5.86. The highest BCUT2D eigenvalue weighted by Gasteiger charge is 2.32. The van der Waals surface area contributed by atoms with Gasteiger partial charge >= 0.3 is 0 Å². The maximum Gasteiger partial charge on any atom is 0.225 e. The van der Waals surface area contributed by atoms with E-state index < -0.39 is 0 Å². The number of nitrogens with one attached hydrogen (secondary N) is 2. The number of carbonyl (C=O) groups is 1. The Morgan fingerprint density at radius 3 is 2.59 bits per heavy atom. The summed E-state index contributed by atoms with van der Waals surface area (Å²) in [5.41, 5.74) is 1.31. The fraction of sp³-hybridized carbons (Fsp3) is 0.636. The van der Waals surface area contributed by atoms with Crippen LogP contribution in [0.25, 0.3) is 0 Å². The molecule has 0 spiro atoms. The molecule has 29 heavy (non-hydrogen) atoms. The van der Waals surface area contributed by atoms with E-state index in [9.17, 15) is 4.79 Å². The second kappa shape index (κ2) is 12.2. The first-order valence-electron chi connectivity index (χ1n) is 10.6. The van der Waals surface area contributed by atoms with Crippen molar-refractivity contribution in [2.24, 2.45) is 10.9 Å². The lowest BCUT2D eigenvalue weighted by Gasteiger charge is -2.21. The van der Waals surface area contributed by atoms with E-state index in [1.807, 2.05) is 17.0 Å². The molecule has 1 saturated carbocycles. The van der Waals surface area contributed by atoms with E-state index in [0.717, 1.165) is 63.4 Å². The number of likely N-dealkylation sites (tertiary alicyclic amines) is 1. The number of carbonyl (C=O) groups excluding carboxylic acids is 1. The minimum atomic E-state index is 0. The lowest BCUT2D eigenvalue weighted by molar-refractivity contribution is -0.134. The molecule has 0 bridgehead atoms. The number of amides is 1. The Balaban J connectivity index is 0.00000300. The van der Waals surface area contributed by atoms with Crippen LogP contribution >= 0.6 is 24.0 Å². The molecule has 1 aromatic rings. The molecule has 2 fully saturated rings. The van der Waals surface area contributed by atoms with E-state index in [4.69, 9.17) is 4.74 Å². The zero-order valence-corrected chi connectivity index (χ0v) is 20.0. The Bertz CT molecular complexity index is 659. The van der Waals surface area contributed by atoms with Crippen LogP contribution in [0.4, 0.5) is 0 Å². The summed E-state index contributed by atoms with van der Waals surface area (Å²) >= 11 is 0. The van der Waals surface area contributed by atoms with Crippen LogP contribution in [-0.2, 0) is 11.2 Å². The molecule has 2 aliphatic rings. The maximum atomic E-state index is 12.6. The Hall–Kier alpha value is -1.51. The Kier molecular flexibility index (Phi) is 10.0. The average Bonchev–Trinajstić information content (AvgIpc) is 3.42. The number of hydrogen-bond donors (Lipinski definition) is 2. The molecule has 1 saturated heterocycles. The van der Waals surface area contributed by atoms with Gasteiger partial charge in [-0.1, -0.05) is 25.0 Å². The van der Waals surface area contributed by atoms with E-state index in [0.29, 0.717) is 5.91 Å². The quantitative estimate of drug-likeness (QED) is 0.254. The number of ether oxygens (including phenoxy) is 1. The van der Waals surface area contributed by atoms with Crippen molar-refractivity contribution in [3.05, 3.63) is 29.8 Å². The summed E-state index contributed by atoms with van der Waals surface area (Å²) in [6.45, 7) is 2.52. The monoisotopic (exact) mass is 514 g/mol. The number of rotatable bonds is 7. The number of halogens is 1. The second-order valence-corrected chi connectivity index (χ2v) is 7.85. The topological polar surface area (TPSA) is 66.0 Å². The summed E-state index contributed by atoms with van der Waals surface area (Å²) in [5, 5.41) is 6.88. The third-order valence-electron chi connectivity index (χ3n) is 5.86. The molecule has 0 radical (unpaired) electrons. The van der Waals surface area contributed by atoms with E-state index in [1.54, 1.807) is 14.2 Å². The van der Waals surface area contributed by atoms with Crippen LogP contribution in [0.1, 0.15) is 44.1 Å². The number of aliphatic imine (C=N–C) groups is 1. The van der Waals surface area contributed by atoms with Gasteiger partial charge in [0.05, 0.1) is 7.11 Å². The number of nitrogens with zero attached hydrogens (tertiary/aromatic N) is 2. The van der Waals surface area contributed by atoms with Gasteiger partial charge in [0.25, 0.3) is 0 Å². The van der Waals surface area contributed by atoms with Gasteiger partial charge in [-0.3, -0.25) is 9.79 Å². The van der Waals surface area contributed by atoms with Crippen molar-refractivity contribution in [1.82, 2.24) is 15.5 Å². The molecule has 1 atom stereocenters. The number of hydrogen-bond acceptors (Lipinski definition) is 3. The third kappa shape index (κ3) is 7.04. The Morgan fingerprint density at radius 1 is 1.21 bits per heavy atom. The van der Waals surface area contributed by atoms with Gasteiger partial charge in [-0.25, -0.2) is 0 Å². The highest BCUT2D eigenvalue weighted by molar-refractivity contribution is 14.0. The van der Waals surface area contributed by atoms with Crippen LogP contribution in [-0.4, -0.2) is 56.6 Å². The lowest BCUT2D eigenvalue weighted by atomic mass is 10.1. The molecule has 3 rings (SSSR count). The first-order chi connectivity index (χ1) is 13.7. The molecule has 7 heteroatoms. The Morgan fingerprint density at radius 2 is 1.93 bits per heavy atom. The molecule has 1 aliphatic heterocycles. The van der Waals surface area contributed by atoms with Gasteiger partial charge in [-0.05, 0) is 49.8 Å². The van der Waals surface area contributed by atoms with Gasteiger partial charge < -0.3 is 20.3 Å². The summed E-state index contributed by atoms with van der Waals surface area (Å²) in [5.74, 6) is 2.36. The first kappa shape index (κ1) is 23.8. The van der Waals surface area contributed by atoms with Crippen molar-refractivity contribution >= 4 is 35.8 Å². The van der Waals surface area contributed by atoms with Crippen LogP contribution < -0.4 is 15.4 Å². The van der Waals surface area contributed by atoms with Gasteiger partial charge in [0, 0.05) is 38.6 Å². The zero-order valence-electron chi connectivity index (χ0n) is 17.7. The summed E-state index contributed by atoms with van der Waals surface area (Å²) in [6.07, 6.45) is 7.60. The average molecular weight is 514 g/mol. The largest absolute Gasteiger partial charge is 0.497 e. The summed E-state index contributed by atoms with van der Waals surface area (Å²) in [4.78, 5) is 19.0. The molecule has 1 aliphatic carbocycles. The van der Waals surface area contributed by atoms with Gasteiger partial charge in [0.15, 0.2) is 5.96 Å². The van der Waals surface area contributed by atoms with Crippen molar-refractivity contribution in [2.45, 2.75) is 51.0 Å². The zero-order chi connectivity index (χ0) is 19.8. The molecular weight excluding hydrogens is 479 g/mol. The van der Waals surface area contributed by atoms with Crippen molar-refractivity contribution in [1.29, 1.82) is 0 Å². The van der Waals surface area contributed by atoms with Gasteiger partial charge in [-0.2, -0.15) is 0 Å². The van der Waals surface area contributed by atoms with Crippen molar-refractivity contribution < 1.29 is 9.53 Å². The van der Waals surface area contributed by atoms with Crippen LogP contribution in [0.3, 0.4) is 0 Å². The molecule has 6 nitrogen and oxygen atoms in total. The van der Waals surface area contributed by atoms with Crippen LogP contribution in [0.5, 0.6) is 5.75 Å². The van der Waals surface area contributed by atoms with Crippen LogP contribution in [0.15, 0.2) is 29.3 Å². The first-order valence-corrected chi connectivity index (χ1v) is 10.6. The maximum absolute atomic E-state index is 12.6. The molecule has 162 valence electrons. The summed E-state index contributed by atoms with van der Waals surface area (Å²) in [7, 11) is 3.49. The smallest absolute Gasteiger partial charge is 0.225 e. The van der Waals surface area contributed by atoms with Crippen molar-refractivity contribution in [3.8, 4) is 5.75 Å². The molecule has 0 aromatic heterocycles. The molecule has 1 amide bonds. The van der Waals surface area contributed by atoms with Crippen molar-refractivity contribution in [2.75, 3.05) is 33.8 Å². The minimum Gasteiger partial charge on any atom is -0.497 e. The SMILES string of the molecule is CN=C(NCCCc1ccc(OC)cc1)NC1CCN(C(=O)C2CCCC2)C1.I. The molecular formula is C22H35IN4O2. The number of benzene rings is 1. The highest BCUT2D eigenvalue weighted by atomic mass is 127. The minimum absolute atomic E-state index is 0. The van der Waals surface area contributed by atoms with Crippen LogP contribution in [0.2, 0.25) is 0 Å². The van der Waals surface area contributed by atoms with Crippen LogP contribution in [0, 0.1) is 5.92 Å². The number of guanidine groups is 1. The fourth-order valence-electron chi connectivity index (χ4n) is 4.19.